The molecule has 30 heavy (non-hydrogen) atoms. The van der Waals surface area contributed by atoms with Gasteiger partial charge in [0.15, 0.2) is 0 Å². The number of hydrogen-bond donors (Lipinski definition) is 0. The molecule has 0 amide bonds. The minimum atomic E-state index is 0.120. The number of fused-ring (bicyclic) bond motifs is 3. The summed E-state index contributed by atoms with van der Waals surface area (Å²) in [6.07, 6.45) is 0. The Labute approximate surface area is 188 Å². The highest BCUT2D eigenvalue weighted by Crippen LogP contribution is 2.27. The fourth-order valence-corrected chi connectivity index (χ4v) is 2.63. The summed E-state index contributed by atoms with van der Waals surface area (Å²) in [5.74, 6) is 0. The summed E-state index contributed by atoms with van der Waals surface area (Å²) in [4.78, 5) is 0. The summed E-state index contributed by atoms with van der Waals surface area (Å²) in [6.45, 7) is 22.8. The smallest absolute Gasteiger partial charge is 0.0379 e. The van der Waals surface area contributed by atoms with Crippen molar-refractivity contribution in [2.45, 2.75) is 75.0 Å². The molecule has 0 saturated carbocycles. The summed E-state index contributed by atoms with van der Waals surface area (Å²) in [5, 5.41) is 7.85. The van der Waals surface area contributed by atoms with Gasteiger partial charge in [0.1, 0.15) is 0 Å². The van der Waals surface area contributed by atoms with Crippen LogP contribution in [0.2, 0.25) is 19.6 Å². The summed E-state index contributed by atoms with van der Waals surface area (Å²) >= 11 is 0. The number of rotatable bonds is 0. The van der Waals surface area contributed by atoms with Crippen LogP contribution in [0.3, 0.4) is 0 Å². The standard InChI is InChI=1S/C18H12.C3H9Si.4C2H6/c1-2-6-14-10-18-12-16-8-4-3-7-15(16)11-17(18)9-13(14)5-1;1-4(2)3;4*1-2/h1-12H;1-3H3;4*1-2H3. The second-order valence-corrected chi connectivity index (χ2v) is 9.25. The van der Waals surface area contributed by atoms with Crippen LogP contribution in [0.5, 0.6) is 0 Å². The molecule has 0 aliphatic carbocycles. The van der Waals surface area contributed by atoms with Gasteiger partial charge in [0.2, 0.25) is 0 Å². The van der Waals surface area contributed by atoms with Crippen LogP contribution in [0.25, 0.3) is 32.3 Å². The molecule has 165 valence electrons. The molecule has 1 radical (unpaired) electrons. The van der Waals surface area contributed by atoms with E-state index >= 15 is 0 Å². The topological polar surface area (TPSA) is 0 Å². The fourth-order valence-electron chi connectivity index (χ4n) is 2.63. The molecule has 0 saturated heterocycles. The molecule has 0 N–H and O–H groups in total. The van der Waals surface area contributed by atoms with Crippen LogP contribution in [0, 0.1) is 0 Å². The van der Waals surface area contributed by atoms with Crippen molar-refractivity contribution in [3.05, 3.63) is 72.8 Å². The molecule has 0 atom stereocenters. The van der Waals surface area contributed by atoms with Gasteiger partial charge in [-0.2, -0.15) is 0 Å². The normalized spacial score (nSPS) is 8.80. The van der Waals surface area contributed by atoms with Gasteiger partial charge in [0.25, 0.3) is 0 Å². The molecule has 0 aliphatic rings. The lowest BCUT2D eigenvalue weighted by Gasteiger charge is -2.04. The molecule has 0 nitrogen and oxygen atoms in total. The Kier molecular flexibility index (Phi) is 18.9. The maximum atomic E-state index is 2.27. The number of hydrogen-bond acceptors (Lipinski definition) is 0. The first-order valence-corrected chi connectivity index (χ1v) is 14.7. The van der Waals surface area contributed by atoms with Crippen molar-refractivity contribution in [1.82, 2.24) is 0 Å². The van der Waals surface area contributed by atoms with Gasteiger partial charge in [-0.05, 0) is 56.6 Å². The lowest BCUT2D eigenvalue weighted by Crippen LogP contribution is -1.84. The average molecular weight is 422 g/mol. The van der Waals surface area contributed by atoms with Crippen LogP contribution in [-0.4, -0.2) is 8.80 Å². The number of benzene rings is 4. The minimum Gasteiger partial charge on any atom is -0.0715 e. The molecule has 0 unspecified atom stereocenters. The molecule has 0 fully saturated rings. The summed E-state index contributed by atoms with van der Waals surface area (Å²) in [6, 6.07) is 26.2. The van der Waals surface area contributed by atoms with Gasteiger partial charge in [0, 0.05) is 8.80 Å². The SMILES string of the molecule is CC.CC.CC.CC.C[Si](C)C.c1ccc2cc3cc4ccccc4cc3cc2c1. The molecule has 1 heteroatoms. The van der Waals surface area contributed by atoms with Crippen molar-refractivity contribution in [3.8, 4) is 0 Å². The van der Waals surface area contributed by atoms with E-state index in [1.54, 1.807) is 0 Å². The zero-order valence-corrected chi connectivity index (χ0v) is 22.4. The molecule has 4 aromatic rings. The maximum Gasteiger partial charge on any atom is 0.0379 e. The van der Waals surface area contributed by atoms with Crippen LogP contribution in [0.15, 0.2) is 72.8 Å². The molecule has 0 aromatic heterocycles. The molecule has 4 aromatic carbocycles. The Morgan fingerprint density at radius 1 is 0.367 bits per heavy atom. The van der Waals surface area contributed by atoms with Crippen LogP contribution in [-0.2, 0) is 0 Å². The van der Waals surface area contributed by atoms with Gasteiger partial charge >= 0.3 is 0 Å². The maximum absolute atomic E-state index is 2.27. The Balaban J connectivity index is 0. The van der Waals surface area contributed by atoms with Crippen LogP contribution >= 0.6 is 0 Å². The highest BCUT2D eigenvalue weighted by Gasteiger charge is 2.00. The molecular formula is C29H45Si. The van der Waals surface area contributed by atoms with Crippen LogP contribution in [0.1, 0.15) is 55.4 Å². The lowest BCUT2D eigenvalue weighted by atomic mass is 10.00. The highest BCUT2D eigenvalue weighted by molar-refractivity contribution is 6.54. The first-order chi connectivity index (χ1) is 14.6. The second kappa shape index (κ2) is 18.9. The lowest BCUT2D eigenvalue weighted by molar-refractivity contribution is 1.50. The third kappa shape index (κ3) is 10.1. The molecule has 0 bridgehead atoms. The van der Waals surface area contributed by atoms with Gasteiger partial charge in [-0.25, -0.2) is 0 Å². The van der Waals surface area contributed by atoms with E-state index in [4.69, 9.17) is 0 Å². The summed E-state index contributed by atoms with van der Waals surface area (Å²) < 4.78 is 0. The summed E-state index contributed by atoms with van der Waals surface area (Å²) in [7, 11) is 0.120. The average Bonchev–Trinajstić information content (AvgIpc) is 2.81. The third-order valence-electron chi connectivity index (χ3n) is 3.57. The second-order valence-electron chi connectivity index (χ2n) is 6.25. The van der Waals surface area contributed by atoms with Crippen LogP contribution < -0.4 is 0 Å². The predicted octanol–water partition coefficient (Wildman–Crippen LogP) is 10.6. The van der Waals surface area contributed by atoms with Crippen LogP contribution in [0.4, 0.5) is 0 Å². The van der Waals surface area contributed by atoms with Crippen molar-refractivity contribution in [2.75, 3.05) is 0 Å². The largest absolute Gasteiger partial charge is 0.0715 e. The van der Waals surface area contributed by atoms with E-state index in [-0.39, 0.29) is 8.80 Å². The molecule has 4 rings (SSSR count). The monoisotopic (exact) mass is 421 g/mol. The van der Waals surface area contributed by atoms with Gasteiger partial charge < -0.3 is 0 Å². The van der Waals surface area contributed by atoms with E-state index in [0.29, 0.717) is 0 Å². The van der Waals surface area contributed by atoms with E-state index in [0.717, 1.165) is 0 Å². The quantitative estimate of drug-likeness (QED) is 0.195. The van der Waals surface area contributed by atoms with Crippen molar-refractivity contribution < 1.29 is 0 Å². The van der Waals surface area contributed by atoms with Gasteiger partial charge in [0.05, 0.1) is 0 Å². The molecule has 0 aliphatic heterocycles. The molecule has 0 heterocycles. The molecule has 0 spiro atoms. The van der Waals surface area contributed by atoms with E-state index in [9.17, 15) is 0 Å². The van der Waals surface area contributed by atoms with Gasteiger partial charge in [-0.3, -0.25) is 0 Å². The minimum absolute atomic E-state index is 0.120. The van der Waals surface area contributed by atoms with Crippen molar-refractivity contribution >= 4 is 41.1 Å². The van der Waals surface area contributed by atoms with E-state index < -0.39 is 0 Å². The van der Waals surface area contributed by atoms with E-state index in [1.807, 2.05) is 55.4 Å². The highest BCUT2D eigenvalue weighted by atomic mass is 28.3. The van der Waals surface area contributed by atoms with Gasteiger partial charge in [-0.15, -0.1) is 0 Å². The zero-order valence-electron chi connectivity index (χ0n) is 21.4. The van der Waals surface area contributed by atoms with Crippen molar-refractivity contribution in [1.29, 1.82) is 0 Å². The third-order valence-corrected chi connectivity index (χ3v) is 3.57. The predicted molar refractivity (Wildman–Crippen MR) is 148 cm³/mol. The first kappa shape index (κ1) is 30.1. The summed E-state index contributed by atoms with van der Waals surface area (Å²) in [5.41, 5.74) is 0. The Hall–Kier alpha value is -2.12. The Bertz CT molecular complexity index is 776. The Morgan fingerprint density at radius 3 is 0.700 bits per heavy atom. The van der Waals surface area contributed by atoms with E-state index in [2.05, 4.69) is 92.4 Å². The first-order valence-electron chi connectivity index (χ1n) is 11.7. The van der Waals surface area contributed by atoms with E-state index in [1.165, 1.54) is 32.3 Å². The van der Waals surface area contributed by atoms with Crippen molar-refractivity contribution in [3.63, 3.8) is 0 Å². The molecular weight excluding hydrogens is 376 g/mol. The Morgan fingerprint density at radius 2 is 0.533 bits per heavy atom. The van der Waals surface area contributed by atoms with Crippen molar-refractivity contribution in [2.24, 2.45) is 0 Å². The zero-order chi connectivity index (χ0) is 23.5. The van der Waals surface area contributed by atoms with Gasteiger partial charge in [-0.1, -0.05) is 124 Å². The fraction of sp³-hybridized carbons (Fsp3) is 0.379.